The van der Waals surface area contributed by atoms with Gasteiger partial charge < -0.3 is 15.6 Å². The number of rotatable bonds is 5. The third kappa shape index (κ3) is 4.72. The van der Waals surface area contributed by atoms with Crippen LogP contribution in [0.2, 0.25) is 0 Å². The molecule has 10 heteroatoms. The SMILES string of the molecule is Cl.Cn1cnc(S(=O)(=O)NCC(=O)NC2C3CCCC2CC(N)C3)c1. The van der Waals surface area contributed by atoms with Crippen LogP contribution in [0.1, 0.15) is 32.1 Å². The number of aryl methyl sites for hydroxylation is 1. The summed E-state index contributed by atoms with van der Waals surface area (Å²) in [5.41, 5.74) is 6.09. The van der Waals surface area contributed by atoms with Gasteiger partial charge in [0.25, 0.3) is 10.0 Å². The Kier molecular flexibility index (Phi) is 6.47. The molecule has 0 radical (unpaired) electrons. The van der Waals surface area contributed by atoms with Crippen molar-refractivity contribution < 1.29 is 13.2 Å². The van der Waals surface area contributed by atoms with Crippen LogP contribution < -0.4 is 15.8 Å². The third-order valence-electron chi connectivity index (χ3n) is 5.08. The van der Waals surface area contributed by atoms with Gasteiger partial charge in [0, 0.05) is 25.3 Å². The summed E-state index contributed by atoms with van der Waals surface area (Å²) in [5.74, 6) is 0.513. The van der Waals surface area contributed by atoms with Crippen LogP contribution in [0, 0.1) is 11.8 Å². The number of fused-ring (bicyclic) bond motifs is 2. The van der Waals surface area contributed by atoms with E-state index in [1.54, 1.807) is 11.6 Å². The fourth-order valence-electron chi connectivity index (χ4n) is 4.02. The molecule has 1 heterocycles. The third-order valence-corrected chi connectivity index (χ3v) is 6.37. The van der Waals surface area contributed by atoms with Gasteiger partial charge in [0.1, 0.15) is 0 Å². The molecule has 4 N–H and O–H groups in total. The first-order chi connectivity index (χ1) is 11.3. The minimum absolute atomic E-state index is 0. The van der Waals surface area contributed by atoms with E-state index >= 15 is 0 Å². The fourth-order valence-corrected chi connectivity index (χ4v) is 4.98. The van der Waals surface area contributed by atoms with Crippen molar-refractivity contribution in [3.05, 3.63) is 12.5 Å². The van der Waals surface area contributed by atoms with Gasteiger partial charge in [0.05, 0.1) is 12.9 Å². The van der Waals surface area contributed by atoms with E-state index in [1.165, 1.54) is 18.9 Å². The van der Waals surface area contributed by atoms with Gasteiger partial charge in [-0.25, -0.2) is 18.1 Å². The van der Waals surface area contributed by atoms with E-state index in [4.69, 9.17) is 5.73 Å². The number of sulfonamides is 1. The lowest BCUT2D eigenvalue weighted by Crippen LogP contribution is -2.55. The Labute approximate surface area is 154 Å². The van der Waals surface area contributed by atoms with Gasteiger partial charge in [-0.3, -0.25) is 4.79 Å². The van der Waals surface area contributed by atoms with Crippen LogP contribution in [0.15, 0.2) is 17.6 Å². The first kappa shape index (κ1) is 20.2. The maximum Gasteiger partial charge on any atom is 0.260 e. The molecule has 3 rings (SSSR count). The molecule has 2 aliphatic rings. The van der Waals surface area contributed by atoms with Crippen LogP contribution in [-0.2, 0) is 21.9 Å². The van der Waals surface area contributed by atoms with Crippen LogP contribution in [0.25, 0.3) is 0 Å². The Morgan fingerprint density at radius 3 is 2.56 bits per heavy atom. The van der Waals surface area contributed by atoms with Gasteiger partial charge in [0.15, 0.2) is 5.03 Å². The summed E-state index contributed by atoms with van der Waals surface area (Å²) >= 11 is 0. The highest BCUT2D eigenvalue weighted by Crippen LogP contribution is 2.39. The second-order valence-corrected chi connectivity index (χ2v) is 8.69. The summed E-state index contributed by atoms with van der Waals surface area (Å²) in [4.78, 5) is 16.0. The average Bonchev–Trinajstić information content (AvgIpc) is 2.94. The van der Waals surface area contributed by atoms with Gasteiger partial charge in [-0.15, -0.1) is 12.4 Å². The monoisotopic (exact) mass is 391 g/mol. The predicted octanol–water partition coefficient (Wildman–Crippen LogP) is 0.142. The summed E-state index contributed by atoms with van der Waals surface area (Å²) in [6.07, 6.45) is 8.00. The van der Waals surface area contributed by atoms with Crippen molar-refractivity contribution in [2.75, 3.05) is 6.54 Å². The van der Waals surface area contributed by atoms with Crippen molar-refractivity contribution in [2.24, 2.45) is 24.6 Å². The smallest absolute Gasteiger partial charge is 0.260 e. The summed E-state index contributed by atoms with van der Waals surface area (Å²) in [7, 11) is -2.08. The number of nitrogens with one attached hydrogen (secondary N) is 2. The highest BCUT2D eigenvalue weighted by Gasteiger charge is 2.39. The summed E-state index contributed by atoms with van der Waals surface area (Å²) in [5, 5.41) is 2.94. The van der Waals surface area contributed by atoms with Gasteiger partial charge in [-0.05, 0) is 37.5 Å². The molecule has 1 aromatic heterocycles. The Hall–Kier alpha value is -1.16. The highest BCUT2D eigenvalue weighted by molar-refractivity contribution is 7.89. The number of imidazole rings is 1. The van der Waals surface area contributed by atoms with E-state index in [1.807, 2.05) is 0 Å². The van der Waals surface area contributed by atoms with E-state index in [0.29, 0.717) is 11.8 Å². The largest absolute Gasteiger partial charge is 0.352 e. The van der Waals surface area contributed by atoms with Crippen LogP contribution in [0.5, 0.6) is 0 Å². The molecule has 2 saturated carbocycles. The molecule has 25 heavy (non-hydrogen) atoms. The maximum absolute atomic E-state index is 12.2. The molecule has 2 atom stereocenters. The highest BCUT2D eigenvalue weighted by atomic mass is 35.5. The minimum Gasteiger partial charge on any atom is -0.352 e. The predicted molar refractivity (Wildman–Crippen MR) is 95.6 cm³/mol. The Morgan fingerprint density at radius 2 is 2.00 bits per heavy atom. The minimum atomic E-state index is -3.77. The molecule has 2 fully saturated rings. The number of carbonyl (C=O) groups excluding carboxylic acids is 1. The number of nitrogens with two attached hydrogens (primary N) is 1. The van der Waals surface area contributed by atoms with Crippen molar-refractivity contribution in [2.45, 2.75) is 49.2 Å². The van der Waals surface area contributed by atoms with Crippen LogP contribution in [0.4, 0.5) is 0 Å². The summed E-state index contributed by atoms with van der Waals surface area (Å²) in [6, 6.07) is 0.335. The van der Waals surface area contributed by atoms with E-state index in [-0.39, 0.29) is 42.0 Å². The van der Waals surface area contributed by atoms with Crippen molar-refractivity contribution in [3.8, 4) is 0 Å². The molecule has 1 amide bonds. The molecule has 0 aliphatic heterocycles. The van der Waals surface area contributed by atoms with Crippen molar-refractivity contribution in [1.29, 1.82) is 0 Å². The van der Waals surface area contributed by atoms with Crippen LogP contribution in [0.3, 0.4) is 0 Å². The Morgan fingerprint density at radius 1 is 1.36 bits per heavy atom. The van der Waals surface area contributed by atoms with Crippen LogP contribution in [-0.4, -0.2) is 42.5 Å². The number of amides is 1. The number of aromatic nitrogens is 2. The Bertz CT molecular complexity index is 694. The normalized spacial score (nSPS) is 28.9. The lowest BCUT2D eigenvalue weighted by molar-refractivity contribution is -0.122. The second-order valence-electron chi connectivity index (χ2n) is 6.98. The molecule has 0 saturated heterocycles. The zero-order valence-electron chi connectivity index (χ0n) is 14.2. The molecule has 0 spiro atoms. The van der Waals surface area contributed by atoms with E-state index < -0.39 is 10.0 Å². The molecule has 142 valence electrons. The topological polar surface area (TPSA) is 119 Å². The zero-order valence-corrected chi connectivity index (χ0v) is 15.9. The molecule has 2 aliphatic carbocycles. The van der Waals surface area contributed by atoms with E-state index in [0.717, 1.165) is 25.7 Å². The average molecular weight is 392 g/mol. The number of hydrogen-bond donors (Lipinski definition) is 3. The molecular formula is C15H26ClN5O3S. The van der Waals surface area contributed by atoms with Gasteiger partial charge in [-0.1, -0.05) is 6.42 Å². The number of carbonyl (C=O) groups is 1. The van der Waals surface area contributed by atoms with Gasteiger partial charge >= 0.3 is 0 Å². The summed E-state index contributed by atoms with van der Waals surface area (Å²) < 4.78 is 28.1. The first-order valence-electron chi connectivity index (χ1n) is 8.38. The Balaban J connectivity index is 0.00000225. The van der Waals surface area contributed by atoms with E-state index in [9.17, 15) is 13.2 Å². The van der Waals surface area contributed by atoms with Gasteiger partial charge in [0.2, 0.25) is 5.91 Å². The fraction of sp³-hybridized carbons (Fsp3) is 0.733. The second kappa shape index (κ2) is 8.03. The first-order valence-corrected chi connectivity index (χ1v) is 9.86. The van der Waals surface area contributed by atoms with Gasteiger partial charge in [-0.2, -0.15) is 0 Å². The van der Waals surface area contributed by atoms with Crippen LogP contribution >= 0.6 is 12.4 Å². The number of halogens is 1. The lowest BCUT2D eigenvalue weighted by Gasteiger charge is -2.45. The van der Waals surface area contributed by atoms with Crippen molar-refractivity contribution >= 4 is 28.3 Å². The van der Waals surface area contributed by atoms with Crippen molar-refractivity contribution in [3.63, 3.8) is 0 Å². The molecular weight excluding hydrogens is 366 g/mol. The standard InChI is InChI=1S/C15H25N5O3S.ClH/c1-20-8-14(17-9-20)24(22,23)18-7-13(21)19-15-10-3-2-4-11(15)6-12(16)5-10;/h8-12,15,18H,2-7,16H2,1H3,(H,19,21);1H. The lowest BCUT2D eigenvalue weighted by atomic mass is 9.67. The molecule has 8 nitrogen and oxygen atoms in total. The quantitative estimate of drug-likeness (QED) is 0.659. The molecule has 2 unspecified atom stereocenters. The molecule has 1 aromatic rings. The van der Waals surface area contributed by atoms with Crippen molar-refractivity contribution in [1.82, 2.24) is 19.6 Å². The molecule has 0 aromatic carbocycles. The zero-order chi connectivity index (χ0) is 17.3. The number of hydrogen-bond acceptors (Lipinski definition) is 5. The number of nitrogens with zero attached hydrogens (tertiary/aromatic N) is 2. The van der Waals surface area contributed by atoms with E-state index in [2.05, 4.69) is 15.0 Å². The summed E-state index contributed by atoms with van der Waals surface area (Å²) in [6.45, 7) is -0.277. The maximum atomic E-state index is 12.2. The molecule has 2 bridgehead atoms.